The van der Waals surface area contributed by atoms with E-state index in [1.165, 1.54) is 25.9 Å². The smallest absolute Gasteiger partial charge is 0.293 e. The van der Waals surface area contributed by atoms with Crippen LogP contribution in [0.1, 0.15) is 26.7 Å². The fourth-order valence-corrected chi connectivity index (χ4v) is 1.41. The third-order valence-corrected chi connectivity index (χ3v) is 2.50. The van der Waals surface area contributed by atoms with Gasteiger partial charge >= 0.3 is 0 Å². The van der Waals surface area contributed by atoms with E-state index in [1.54, 1.807) is 13.8 Å². The van der Waals surface area contributed by atoms with E-state index in [9.17, 15) is 4.79 Å². The van der Waals surface area contributed by atoms with Crippen molar-refractivity contribution in [2.75, 3.05) is 26.7 Å². The highest BCUT2D eigenvalue weighted by Crippen LogP contribution is 2.13. The second kappa shape index (κ2) is 8.68. The lowest BCUT2D eigenvalue weighted by Gasteiger charge is -2.27. The molecule has 0 radical (unpaired) electrons. The zero-order valence-electron chi connectivity index (χ0n) is 10.1. The van der Waals surface area contributed by atoms with Crippen molar-refractivity contribution in [1.82, 2.24) is 4.90 Å². The van der Waals surface area contributed by atoms with Crippen molar-refractivity contribution in [3.63, 3.8) is 0 Å². The van der Waals surface area contributed by atoms with E-state index in [1.807, 2.05) is 0 Å². The van der Waals surface area contributed by atoms with Crippen LogP contribution < -0.4 is 5.73 Å². The Morgan fingerprint density at radius 1 is 1.47 bits per heavy atom. The summed E-state index contributed by atoms with van der Waals surface area (Å²) in [5, 5.41) is 0. The van der Waals surface area contributed by atoms with Gasteiger partial charge in [0.05, 0.1) is 6.10 Å². The molecule has 0 unspecified atom stereocenters. The van der Waals surface area contributed by atoms with E-state index in [4.69, 9.17) is 5.73 Å². The van der Waals surface area contributed by atoms with Gasteiger partial charge in [0.1, 0.15) is 0 Å². The summed E-state index contributed by atoms with van der Waals surface area (Å²) in [6, 6.07) is 0. The predicted octanol–water partition coefficient (Wildman–Crippen LogP) is 0.855. The maximum Gasteiger partial charge on any atom is 0.293 e. The topological polar surface area (TPSA) is 55.6 Å². The van der Waals surface area contributed by atoms with Crippen LogP contribution in [-0.4, -0.2) is 44.2 Å². The second-order valence-electron chi connectivity index (χ2n) is 4.26. The van der Waals surface area contributed by atoms with Crippen LogP contribution in [0.4, 0.5) is 0 Å². The number of nitrogens with zero attached hydrogens (tertiary/aromatic N) is 1. The van der Waals surface area contributed by atoms with Crippen molar-refractivity contribution in [3.8, 4) is 0 Å². The van der Waals surface area contributed by atoms with E-state index in [2.05, 4.69) is 16.7 Å². The second-order valence-corrected chi connectivity index (χ2v) is 4.26. The minimum Gasteiger partial charge on any atom is -0.465 e. The van der Waals surface area contributed by atoms with Crippen LogP contribution >= 0.6 is 0 Å². The minimum absolute atomic E-state index is 0.0301. The molecule has 0 amide bonds. The summed E-state index contributed by atoms with van der Waals surface area (Å²) >= 11 is 0. The van der Waals surface area contributed by atoms with Crippen LogP contribution in [0.25, 0.3) is 0 Å². The van der Waals surface area contributed by atoms with E-state index >= 15 is 0 Å². The Labute approximate surface area is 92.8 Å². The van der Waals surface area contributed by atoms with Gasteiger partial charge in [0, 0.05) is 0 Å². The van der Waals surface area contributed by atoms with Crippen LogP contribution in [0, 0.1) is 5.92 Å². The van der Waals surface area contributed by atoms with Crippen molar-refractivity contribution in [2.24, 2.45) is 11.7 Å². The molecule has 1 heterocycles. The monoisotopic (exact) mass is 216 g/mol. The number of hydrogen-bond acceptors (Lipinski definition) is 4. The van der Waals surface area contributed by atoms with Crippen molar-refractivity contribution < 1.29 is 9.53 Å². The van der Waals surface area contributed by atoms with Gasteiger partial charge in [0.2, 0.25) is 0 Å². The summed E-state index contributed by atoms with van der Waals surface area (Å²) in [4.78, 5) is 11.8. The molecule has 0 aliphatic carbocycles. The van der Waals surface area contributed by atoms with Crippen molar-refractivity contribution in [2.45, 2.75) is 32.8 Å². The van der Waals surface area contributed by atoms with E-state index in [0.29, 0.717) is 6.47 Å². The summed E-state index contributed by atoms with van der Waals surface area (Å²) in [6.07, 6.45) is 2.63. The van der Waals surface area contributed by atoms with Gasteiger partial charge in [0.25, 0.3) is 6.47 Å². The molecule has 0 saturated carbocycles. The van der Waals surface area contributed by atoms with Gasteiger partial charge in [-0.25, -0.2) is 0 Å². The maximum absolute atomic E-state index is 9.39. The number of ether oxygens (including phenoxy) is 1. The molecule has 4 heteroatoms. The Balaban J connectivity index is 0.000000288. The quantitative estimate of drug-likeness (QED) is 0.711. The number of hydrogen-bond donors (Lipinski definition) is 1. The lowest BCUT2D eigenvalue weighted by atomic mass is 9.98. The van der Waals surface area contributed by atoms with Gasteiger partial charge in [-0.2, -0.15) is 0 Å². The molecule has 0 aromatic rings. The Morgan fingerprint density at radius 3 is 2.27 bits per heavy atom. The number of nitrogens with two attached hydrogens (primary N) is 1. The van der Waals surface area contributed by atoms with E-state index in [-0.39, 0.29) is 6.10 Å². The molecular formula is C11H24N2O2. The van der Waals surface area contributed by atoms with Crippen molar-refractivity contribution >= 4 is 6.47 Å². The number of carbonyl (C=O) groups excluding carboxylic acids is 1. The summed E-state index contributed by atoms with van der Waals surface area (Å²) in [5.41, 5.74) is 5.53. The van der Waals surface area contributed by atoms with E-state index < -0.39 is 0 Å². The van der Waals surface area contributed by atoms with Crippen LogP contribution in [0.5, 0.6) is 0 Å². The molecular weight excluding hydrogens is 192 g/mol. The SMILES string of the molecule is CC(C)OC=O.CN1CCC(CN)CC1. The lowest BCUT2D eigenvalue weighted by Crippen LogP contribution is -2.33. The molecule has 90 valence electrons. The summed E-state index contributed by atoms with van der Waals surface area (Å²) in [6.45, 7) is 7.41. The van der Waals surface area contributed by atoms with Crippen LogP contribution in [0.2, 0.25) is 0 Å². The number of carbonyl (C=O) groups is 1. The first-order chi connectivity index (χ1) is 7.10. The van der Waals surface area contributed by atoms with Crippen LogP contribution in [0.3, 0.4) is 0 Å². The third-order valence-electron chi connectivity index (χ3n) is 2.50. The Kier molecular flexibility index (Phi) is 8.33. The van der Waals surface area contributed by atoms with Gasteiger partial charge in [-0.3, -0.25) is 4.79 Å². The minimum atomic E-state index is 0.0301. The van der Waals surface area contributed by atoms with Crippen LogP contribution in [-0.2, 0) is 9.53 Å². The Bertz CT molecular complexity index is 155. The predicted molar refractivity (Wildman–Crippen MR) is 61.6 cm³/mol. The molecule has 4 nitrogen and oxygen atoms in total. The van der Waals surface area contributed by atoms with E-state index in [0.717, 1.165) is 12.5 Å². The molecule has 15 heavy (non-hydrogen) atoms. The number of piperidine rings is 1. The first-order valence-corrected chi connectivity index (χ1v) is 5.57. The zero-order chi connectivity index (χ0) is 11.7. The van der Waals surface area contributed by atoms with Crippen LogP contribution in [0.15, 0.2) is 0 Å². The molecule has 1 rings (SSSR count). The van der Waals surface area contributed by atoms with Crippen molar-refractivity contribution in [3.05, 3.63) is 0 Å². The third kappa shape index (κ3) is 8.39. The zero-order valence-corrected chi connectivity index (χ0v) is 10.1. The van der Waals surface area contributed by atoms with Gasteiger partial charge in [-0.1, -0.05) is 0 Å². The number of rotatable bonds is 3. The molecule has 0 spiro atoms. The Hall–Kier alpha value is -0.610. The van der Waals surface area contributed by atoms with Crippen molar-refractivity contribution in [1.29, 1.82) is 0 Å². The van der Waals surface area contributed by atoms with Gasteiger partial charge < -0.3 is 15.4 Å². The molecule has 0 bridgehead atoms. The highest BCUT2D eigenvalue weighted by atomic mass is 16.5. The molecule has 1 aliphatic rings. The fourth-order valence-electron chi connectivity index (χ4n) is 1.41. The standard InChI is InChI=1S/C7H16N2.C4H8O2/c1-9-4-2-7(6-8)3-5-9;1-4(2)6-3-5/h7H,2-6,8H2,1H3;3-4H,1-2H3. The largest absolute Gasteiger partial charge is 0.465 e. The molecule has 1 saturated heterocycles. The average molecular weight is 216 g/mol. The molecule has 0 aromatic carbocycles. The molecule has 1 fully saturated rings. The first kappa shape index (κ1) is 14.4. The maximum atomic E-state index is 9.39. The van der Waals surface area contributed by atoms with Gasteiger partial charge in [-0.05, 0) is 59.3 Å². The summed E-state index contributed by atoms with van der Waals surface area (Å²) < 4.78 is 4.36. The first-order valence-electron chi connectivity index (χ1n) is 5.57. The molecule has 2 N–H and O–H groups in total. The van der Waals surface area contributed by atoms with Gasteiger partial charge in [0.15, 0.2) is 0 Å². The normalized spacial score (nSPS) is 18.2. The lowest BCUT2D eigenvalue weighted by molar-refractivity contribution is -0.131. The highest BCUT2D eigenvalue weighted by molar-refractivity contribution is 5.37. The van der Waals surface area contributed by atoms with Gasteiger partial charge in [-0.15, -0.1) is 0 Å². The molecule has 0 aromatic heterocycles. The highest BCUT2D eigenvalue weighted by Gasteiger charge is 2.13. The summed E-state index contributed by atoms with van der Waals surface area (Å²) in [7, 11) is 2.17. The molecule has 0 atom stereocenters. The summed E-state index contributed by atoms with van der Waals surface area (Å²) in [5.74, 6) is 0.807. The Morgan fingerprint density at radius 2 is 2.00 bits per heavy atom. The number of likely N-dealkylation sites (tertiary alicyclic amines) is 1. The average Bonchev–Trinajstić information content (AvgIpc) is 2.20. The fraction of sp³-hybridized carbons (Fsp3) is 0.909. The molecule has 1 aliphatic heterocycles.